The van der Waals surface area contributed by atoms with Crippen molar-refractivity contribution in [1.82, 2.24) is 24.9 Å². The molecule has 2 heterocycles. The van der Waals surface area contributed by atoms with Gasteiger partial charge in [0.05, 0.1) is 6.54 Å². The molecule has 0 bridgehead atoms. The lowest BCUT2D eigenvalue weighted by Crippen LogP contribution is -2.53. The number of carbonyl (C=O) groups excluding carboxylic acids is 2. The second kappa shape index (κ2) is 10.8. The Hall–Kier alpha value is -1.83. The summed E-state index contributed by atoms with van der Waals surface area (Å²) in [5, 5.41) is 3.39. The van der Waals surface area contributed by atoms with Crippen LogP contribution in [0.2, 0.25) is 0 Å². The molecule has 2 saturated heterocycles. The molecule has 3 aliphatic rings. The first-order chi connectivity index (χ1) is 14.1. The summed E-state index contributed by atoms with van der Waals surface area (Å²) in [7, 11) is 0. The molecule has 1 aliphatic carbocycles. The van der Waals surface area contributed by atoms with Crippen molar-refractivity contribution in [3.05, 3.63) is 0 Å². The number of guanidine groups is 1. The van der Waals surface area contributed by atoms with Crippen LogP contribution >= 0.6 is 0 Å². The topological polar surface area (TPSA) is 71.5 Å². The summed E-state index contributed by atoms with van der Waals surface area (Å²) in [6.45, 7) is 13.0. The molecule has 0 atom stereocenters. The second-order valence-electron chi connectivity index (χ2n) is 8.38. The minimum absolute atomic E-state index is 0.150. The van der Waals surface area contributed by atoms with Gasteiger partial charge in [0.1, 0.15) is 0 Å². The highest BCUT2D eigenvalue weighted by molar-refractivity contribution is 5.81. The van der Waals surface area contributed by atoms with Gasteiger partial charge in [0.15, 0.2) is 5.96 Å². The normalized spacial score (nSPS) is 22.3. The molecule has 0 aromatic carbocycles. The van der Waals surface area contributed by atoms with E-state index in [9.17, 15) is 9.59 Å². The molecular formula is C21H38N6O2. The number of rotatable bonds is 5. The first-order valence-electron chi connectivity index (χ1n) is 11.4. The lowest BCUT2D eigenvalue weighted by atomic mass is 10.1. The standard InChI is InChI=1S/C21H38N6O2/c1-3-22-21(27-16-14-25(15-17-27)18(2)28)23-8-9-24-10-12-26(13-11-24)20(29)19-6-4-5-7-19/h19H,3-17H2,1-2H3,(H,22,23). The highest BCUT2D eigenvalue weighted by atomic mass is 16.2. The second-order valence-corrected chi connectivity index (χ2v) is 8.38. The lowest BCUT2D eigenvalue weighted by molar-refractivity contribution is -0.137. The molecule has 1 saturated carbocycles. The van der Waals surface area contributed by atoms with Crippen LogP contribution in [0.1, 0.15) is 39.5 Å². The van der Waals surface area contributed by atoms with Crippen LogP contribution in [0.4, 0.5) is 0 Å². The first-order valence-corrected chi connectivity index (χ1v) is 11.4. The Balaban J connectivity index is 1.41. The molecular weight excluding hydrogens is 368 g/mol. The summed E-state index contributed by atoms with van der Waals surface area (Å²) < 4.78 is 0. The summed E-state index contributed by atoms with van der Waals surface area (Å²) in [5.74, 6) is 1.78. The fourth-order valence-electron chi connectivity index (χ4n) is 4.58. The largest absolute Gasteiger partial charge is 0.357 e. The molecule has 1 N–H and O–H groups in total. The van der Waals surface area contributed by atoms with Gasteiger partial charge in [-0.15, -0.1) is 0 Å². The summed E-state index contributed by atoms with van der Waals surface area (Å²) in [4.78, 5) is 37.6. The van der Waals surface area contributed by atoms with E-state index in [4.69, 9.17) is 4.99 Å². The van der Waals surface area contributed by atoms with Gasteiger partial charge in [0.2, 0.25) is 11.8 Å². The van der Waals surface area contributed by atoms with Gasteiger partial charge in [-0.3, -0.25) is 19.5 Å². The molecule has 0 radical (unpaired) electrons. The third-order valence-electron chi connectivity index (χ3n) is 6.43. The number of piperazine rings is 2. The van der Waals surface area contributed by atoms with E-state index >= 15 is 0 Å². The predicted molar refractivity (Wildman–Crippen MR) is 115 cm³/mol. The third-order valence-corrected chi connectivity index (χ3v) is 6.43. The van der Waals surface area contributed by atoms with E-state index in [1.165, 1.54) is 12.8 Å². The van der Waals surface area contributed by atoms with Crippen LogP contribution in [0.5, 0.6) is 0 Å². The maximum Gasteiger partial charge on any atom is 0.225 e. The number of nitrogens with zero attached hydrogens (tertiary/aromatic N) is 5. The molecule has 0 aromatic heterocycles. The molecule has 2 aliphatic heterocycles. The molecule has 0 unspecified atom stereocenters. The molecule has 3 fully saturated rings. The van der Waals surface area contributed by atoms with Crippen molar-refractivity contribution >= 4 is 17.8 Å². The fraction of sp³-hybridized carbons (Fsp3) is 0.857. The minimum Gasteiger partial charge on any atom is -0.357 e. The third kappa shape index (κ3) is 6.07. The number of nitrogens with one attached hydrogen (secondary N) is 1. The lowest BCUT2D eigenvalue weighted by Gasteiger charge is -2.37. The van der Waals surface area contributed by atoms with Gasteiger partial charge in [0.25, 0.3) is 0 Å². The average Bonchev–Trinajstić information content (AvgIpc) is 3.28. The van der Waals surface area contributed by atoms with Crippen molar-refractivity contribution in [1.29, 1.82) is 0 Å². The average molecular weight is 407 g/mol. The molecule has 8 nitrogen and oxygen atoms in total. The monoisotopic (exact) mass is 406 g/mol. The van der Waals surface area contributed by atoms with E-state index < -0.39 is 0 Å². The summed E-state index contributed by atoms with van der Waals surface area (Å²) in [6, 6.07) is 0. The van der Waals surface area contributed by atoms with Gasteiger partial charge in [-0.1, -0.05) is 12.8 Å². The van der Waals surface area contributed by atoms with E-state index in [1.54, 1.807) is 6.92 Å². The Labute approximate surface area is 175 Å². The van der Waals surface area contributed by atoms with Gasteiger partial charge in [-0.2, -0.15) is 0 Å². The van der Waals surface area contributed by atoms with Crippen LogP contribution < -0.4 is 5.32 Å². The zero-order chi connectivity index (χ0) is 20.6. The zero-order valence-electron chi connectivity index (χ0n) is 18.2. The van der Waals surface area contributed by atoms with E-state index in [2.05, 4.69) is 26.9 Å². The Morgan fingerprint density at radius 3 is 2.07 bits per heavy atom. The minimum atomic E-state index is 0.150. The van der Waals surface area contributed by atoms with Crippen LogP contribution in [0.25, 0.3) is 0 Å². The van der Waals surface area contributed by atoms with Crippen LogP contribution in [-0.2, 0) is 9.59 Å². The number of hydrogen-bond acceptors (Lipinski definition) is 4. The van der Waals surface area contributed by atoms with Crippen LogP contribution in [0.3, 0.4) is 0 Å². The van der Waals surface area contributed by atoms with Crippen molar-refractivity contribution in [2.45, 2.75) is 39.5 Å². The van der Waals surface area contributed by atoms with Crippen molar-refractivity contribution < 1.29 is 9.59 Å². The molecule has 2 amide bonds. The van der Waals surface area contributed by atoms with Crippen LogP contribution in [0.15, 0.2) is 4.99 Å². The number of hydrogen-bond donors (Lipinski definition) is 1. The molecule has 29 heavy (non-hydrogen) atoms. The van der Waals surface area contributed by atoms with Crippen molar-refractivity contribution in [2.24, 2.45) is 10.9 Å². The quantitative estimate of drug-likeness (QED) is 0.530. The smallest absolute Gasteiger partial charge is 0.225 e. The van der Waals surface area contributed by atoms with Gasteiger partial charge in [-0.25, -0.2) is 0 Å². The van der Waals surface area contributed by atoms with E-state index in [0.29, 0.717) is 5.91 Å². The number of carbonyl (C=O) groups is 2. The molecule has 8 heteroatoms. The predicted octanol–water partition coefficient (Wildman–Crippen LogP) is 0.450. The Kier molecular flexibility index (Phi) is 8.15. The Morgan fingerprint density at radius 1 is 0.897 bits per heavy atom. The Morgan fingerprint density at radius 2 is 1.48 bits per heavy atom. The zero-order valence-corrected chi connectivity index (χ0v) is 18.2. The van der Waals surface area contributed by atoms with E-state index in [1.807, 2.05) is 4.90 Å². The summed E-state index contributed by atoms with van der Waals surface area (Å²) in [5.41, 5.74) is 0. The molecule has 0 spiro atoms. The molecule has 164 valence electrons. The van der Waals surface area contributed by atoms with Gasteiger partial charge in [0, 0.05) is 78.3 Å². The highest BCUT2D eigenvalue weighted by Gasteiger charge is 2.29. The SMILES string of the molecule is CCNC(=NCCN1CCN(C(=O)C2CCCC2)CC1)N1CCN(C(C)=O)CC1. The van der Waals surface area contributed by atoms with Gasteiger partial charge < -0.3 is 20.0 Å². The van der Waals surface area contributed by atoms with Gasteiger partial charge >= 0.3 is 0 Å². The van der Waals surface area contributed by atoms with Gasteiger partial charge in [-0.05, 0) is 19.8 Å². The van der Waals surface area contributed by atoms with E-state index in [0.717, 1.165) is 90.8 Å². The summed E-state index contributed by atoms with van der Waals surface area (Å²) >= 11 is 0. The molecule has 0 aromatic rings. The maximum atomic E-state index is 12.6. The van der Waals surface area contributed by atoms with E-state index in [-0.39, 0.29) is 11.8 Å². The highest BCUT2D eigenvalue weighted by Crippen LogP contribution is 2.26. The van der Waals surface area contributed by atoms with Crippen molar-refractivity contribution in [2.75, 3.05) is 72.0 Å². The van der Waals surface area contributed by atoms with Crippen LogP contribution in [-0.4, -0.2) is 109 Å². The fourth-order valence-corrected chi connectivity index (χ4v) is 4.58. The Bertz CT molecular complexity index is 574. The molecule has 3 rings (SSSR count). The number of aliphatic imine (C=N–C) groups is 1. The van der Waals surface area contributed by atoms with Crippen molar-refractivity contribution in [3.8, 4) is 0 Å². The maximum absolute atomic E-state index is 12.6. The van der Waals surface area contributed by atoms with Crippen LogP contribution in [0, 0.1) is 5.92 Å². The first kappa shape index (κ1) is 21.9. The summed E-state index contributed by atoms with van der Waals surface area (Å²) in [6.07, 6.45) is 4.60. The van der Waals surface area contributed by atoms with Crippen molar-refractivity contribution in [3.63, 3.8) is 0 Å². The number of amides is 2.